The van der Waals surface area contributed by atoms with E-state index >= 15 is 0 Å². The highest BCUT2D eigenvalue weighted by Crippen LogP contribution is 2.16. The van der Waals surface area contributed by atoms with E-state index in [1.54, 1.807) is 0 Å². The first kappa shape index (κ1) is 13.6. The summed E-state index contributed by atoms with van der Waals surface area (Å²) < 4.78 is 37.2. The summed E-state index contributed by atoms with van der Waals surface area (Å²) in [6.45, 7) is 1.25. The molecule has 0 fully saturated rings. The van der Waals surface area contributed by atoms with Crippen LogP contribution in [0.2, 0.25) is 0 Å². The molecule has 0 spiro atoms. The zero-order chi connectivity index (χ0) is 13.2. The van der Waals surface area contributed by atoms with E-state index in [0.29, 0.717) is 0 Å². The molecule has 0 aliphatic heterocycles. The van der Waals surface area contributed by atoms with Crippen molar-refractivity contribution in [1.29, 1.82) is 0 Å². The zero-order valence-corrected chi connectivity index (χ0v) is 10.1. The fourth-order valence-electron chi connectivity index (χ4n) is 1.14. The molecular formula is C10H12FNO4S. The summed E-state index contributed by atoms with van der Waals surface area (Å²) in [5.74, 6) is -1.81. The van der Waals surface area contributed by atoms with Gasteiger partial charge in [-0.1, -0.05) is 0 Å². The number of benzene rings is 1. The van der Waals surface area contributed by atoms with E-state index in [2.05, 4.69) is 0 Å². The first-order chi connectivity index (χ1) is 7.76. The molecule has 1 unspecified atom stereocenters. The fourth-order valence-corrected chi connectivity index (χ4v) is 2.46. The summed E-state index contributed by atoms with van der Waals surface area (Å²) >= 11 is 0. The minimum Gasteiger partial charge on any atom is -0.480 e. The monoisotopic (exact) mass is 261 g/mol. The molecule has 0 aliphatic carbocycles. The molecule has 1 atom stereocenters. The average Bonchev–Trinajstić information content (AvgIpc) is 2.27. The van der Waals surface area contributed by atoms with E-state index in [-0.39, 0.29) is 4.90 Å². The largest absolute Gasteiger partial charge is 0.480 e. The third-order valence-corrected chi connectivity index (χ3v) is 4.34. The molecule has 0 aromatic heterocycles. The molecular weight excluding hydrogens is 249 g/mol. The highest BCUT2D eigenvalue weighted by molar-refractivity contribution is 7.89. The summed E-state index contributed by atoms with van der Waals surface area (Å²) in [6.07, 6.45) is 0. The molecule has 5 nitrogen and oxygen atoms in total. The van der Waals surface area contributed by atoms with Crippen LogP contribution >= 0.6 is 0 Å². The fraction of sp³-hybridized carbons (Fsp3) is 0.300. The van der Waals surface area contributed by atoms with Gasteiger partial charge in [0.2, 0.25) is 10.0 Å². The van der Waals surface area contributed by atoms with Gasteiger partial charge in [0, 0.05) is 7.05 Å². The maximum atomic E-state index is 12.7. The smallest absolute Gasteiger partial charge is 0.321 e. The van der Waals surface area contributed by atoms with Crippen LogP contribution in [-0.2, 0) is 14.8 Å². The Morgan fingerprint density at radius 2 is 1.82 bits per heavy atom. The number of likely N-dealkylation sites (N-methyl/N-ethyl adjacent to an activating group) is 1. The lowest BCUT2D eigenvalue weighted by Crippen LogP contribution is -2.40. The van der Waals surface area contributed by atoms with Crippen molar-refractivity contribution in [1.82, 2.24) is 4.31 Å². The van der Waals surface area contributed by atoms with Crippen molar-refractivity contribution in [3.05, 3.63) is 30.1 Å². The summed E-state index contributed by atoms with van der Waals surface area (Å²) in [5, 5.41) is 8.74. The second kappa shape index (κ2) is 4.80. The topological polar surface area (TPSA) is 74.7 Å². The van der Waals surface area contributed by atoms with Crippen LogP contribution in [0.5, 0.6) is 0 Å². The van der Waals surface area contributed by atoms with Gasteiger partial charge in [0.25, 0.3) is 0 Å². The maximum Gasteiger partial charge on any atom is 0.321 e. The molecule has 1 rings (SSSR count). The van der Waals surface area contributed by atoms with Gasteiger partial charge in [0.15, 0.2) is 0 Å². The molecule has 17 heavy (non-hydrogen) atoms. The molecule has 7 heteroatoms. The standard InChI is InChI=1S/C10H12FNO4S/c1-7(10(13)14)12(2)17(15,16)9-5-3-8(11)4-6-9/h3-7H,1-2H3,(H,13,14). The Kier molecular flexibility index (Phi) is 3.84. The molecule has 0 radical (unpaired) electrons. The third kappa shape index (κ3) is 2.80. The number of hydrogen-bond acceptors (Lipinski definition) is 3. The molecule has 0 amide bonds. The van der Waals surface area contributed by atoms with Crippen molar-refractivity contribution in [3.63, 3.8) is 0 Å². The predicted octanol–water partition coefficient (Wildman–Crippen LogP) is 0.919. The number of nitrogens with zero attached hydrogens (tertiary/aromatic N) is 1. The van der Waals surface area contributed by atoms with Crippen molar-refractivity contribution >= 4 is 16.0 Å². The Balaban J connectivity index is 3.11. The Bertz CT molecular complexity index is 512. The number of aliphatic carboxylic acids is 1. The van der Waals surface area contributed by atoms with Gasteiger partial charge in [0.1, 0.15) is 11.9 Å². The summed E-state index contributed by atoms with van der Waals surface area (Å²) in [7, 11) is -2.75. The number of carboxylic acid groups (broad SMARTS) is 1. The van der Waals surface area contributed by atoms with E-state index < -0.39 is 27.9 Å². The number of rotatable bonds is 4. The lowest BCUT2D eigenvalue weighted by Gasteiger charge is -2.20. The Hall–Kier alpha value is -1.47. The molecule has 1 aromatic rings. The second-order valence-corrected chi connectivity index (χ2v) is 5.49. The minimum atomic E-state index is -3.91. The molecule has 0 aliphatic rings. The van der Waals surface area contributed by atoms with Crippen LogP contribution in [0.4, 0.5) is 4.39 Å². The zero-order valence-electron chi connectivity index (χ0n) is 9.29. The summed E-state index contributed by atoms with van der Waals surface area (Å²) in [5.41, 5.74) is 0. The van der Waals surface area contributed by atoms with E-state index in [1.165, 1.54) is 6.92 Å². The van der Waals surface area contributed by atoms with Gasteiger partial charge >= 0.3 is 5.97 Å². The number of sulfonamides is 1. The number of hydrogen-bond donors (Lipinski definition) is 1. The molecule has 1 N–H and O–H groups in total. The van der Waals surface area contributed by atoms with Gasteiger partial charge in [0.05, 0.1) is 4.90 Å². The molecule has 0 heterocycles. The van der Waals surface area contributed by atoms with Gasteiger partial charge in [-0.3, -0.25) is 4.79 Å². The van der Waals surface area contributed by atoms with Crippen molar-refractivity contribution in [3.8, 4) is 0 Å². The average molecular weight is 261 g/mol. The summed E-state index contributed by atoms with van der Waals surface area (Å²) in [6, 6.07) is 3.01. The van der Waals surface area contributed by atoms with Crippen LogP contribution in [0, 0.1) is 5.82 Å². The molecule has 0 saturated heterocycles. The molecule has 94 valence electrons. The Labute approximate surface area is 98.5 Å². The van der Waals surface area contributed by atoms with E-state index in [9.17, 15) is 17.6 Å². The first-order valence-electron chi connectivity index (χ1n) is 4.73. The van der Waals surface area contributed by atoms with Gasteiger partial charge in [-0.25, -0.2) is 12.8 Å². The quantitative estimate of drug-likeness (QED) is 0.874. The van der Waals surface area contributed by atoms with Gasteiger partial charge in [-0.2, -0.15) is 4.31 Å². The second-order valence-electron chi connectivity index (χ2n) is 3.49. The van der Waals surface area contributed by atoms with Crippen LogP contribution in [0.15, 0.2) is 29.2 Å². The lowest BCUT2D eigenvalue weighted by molar-refractivity contribution is -0.140. The minimum absolute atomic E-state index is 0.144. The van der Waals surface area contributed by atoms with E-state index in [0.717, 1.165) is 35.6 Å². The SMILES string of the molecule is CC(C(=O)O)N(C)S(=O)(=O)c1ccc(F)cc1. The molecule has 0 bridgehead atoms. The van der Waals surface area contributed by atoms with Crippen molar-refractivity contribution < 1.29 is 22.7 Å². The van der Waals surface area contributed by atoms with Gasteiger partial charge in [-0.05, 0) is 31.2 Å². The molecule has 0 saturated carbocycles. The van der Waals surface area contributed by atoms with E-state index in [4.69, 9.17) is 5.11 Å². The normalized spacial score (nSPS) is 13.6. The van der Waals surface area contributed by atoms with Gasteiger partial charge in [-0.15, -0.1) is 0 Å². The highest BCUT2D eigenvalue weighted by atomic mass is 32.2. The van der Waals surface area contributed by atoms with Crippen LogP contribution in [0.25, 0.3) is 0 Å². The van der Waals surface area contributed by atoms with Crippen LogP contribution < -0.4 is 0 Å². The number of carboxylic acids is 1. The van der Waals surface area contributed by atoms with E-state index in [1.807, 2.05) is 0 Å². The molecule has 1 aromatic carbocycles. The number of halogens is 1. The van der Waals surface area contributed by atoms with Crippen LogP contribution in [-0.4, -0.2) is 36.9 Å². The lowest BCUT2D eigenvalue weighted by atomic mass is 10.3. The van der Waals surface area contributed by atoms with Crippen molar-refractivity contribution in [2.75, 3.05) is 7.05 Å². The van der Waals surface area contributed by atoms with Crippen molar-refractivity contribution in [2.45, 2.75) is 17.9 Å². The Morgan fingerprint density at radius 1 is 1.35 bits per heavy atom. The number of carbonyl (C=O) groups is 1. The maximum absolute atomic E-state index is 12.7. The Morgan fingerprint density at radius 3 is 2.24 bits per heavy atom. The van der Waals surface area contributed by atoms with Crippen molar-refractivity contribution in [2.24, 2.45) is 0 Å². The van der Waals surface area contributed by atoms with Crippen LogP contribution in [0.1, 0.15) is 6.92 Å². The van der Waals surface area contributed by atoms with Gasteiger partial charge < -0.3 is 5.11 Å². The third-order valence-electron chi connectivity index (χ3n) is 2.39. The predicted molar refractivity (Wildman–Crippen MR) is 58.4 cm³/mol. The van der Waals surface area contributed by atoms with Crippen LogP contribution in [0.3, 0.4) is 0 Å². The first-order valence-corrected chi connectivity index (χ1v) is 6.17. The highest BCUT2D eigenvalue weighted by Gasteiger charge is 2.29. The summed E-state index contributed by atoms with van der Waals surface area (Å²) in [4.78, 5) is 10.6.